The fourth-order valence-electron chi connectivity index (χ4n) is 7.90. The highest BCUT2D eigenvalue weighted by Gasteiger charge is 2.49. The topological polar surface area (TPSA) is 96.3 Å². The van der Waals surface area contributed by atoms with Crippen LogP contribution in [-0.4, -0.2) is 53.4 Å². The summed E-state index contributed by atoms with van der Waals surface area (Å²) in [4.78, 5) is 29.1. The van der Waals surface area contributed by atoms with Crippen LogP contribution in [-0.2, 0) is 31.8 Å². The van der Waals surface area contributed by atoms with Crippen molar-refractivity contribution in [1.82, 2.24) is 0 Å². The van der Waals surface area contributed by atoms with Crippen molar-refractivity contribution >= 4 is 29.0 Å². The number of nitrogens with zero attached hydrogens (tertiary/aromatic N) is 1. The highest BCUT2D eigenvalue weighted by molar-refractivity contribution is 6.30. The number of carbonyl (C=O) groups excluding carboxylic acids is 2. The Morgan fingerprint density at radius 2 is 1.96 bits per heavy atom. The first kappa shape index (κ1) is 34.5. The van der Waals surface area contributed by atoms with Crippen LogP contribution in [0.4, 0.5) is 5.69 Å². The molecule has 6 atom stereocenters. The van der Waals surface area contributed by atoms with Crippen LogP contribution < -0.4 is 9.64 Å². The van der Waals surface area contributed by atoms with Gasteiger partial charge in [-0.3, -0.25) is 9.59 Å². The summed E-state index contributed by atoms with van der Waals surface area (Å²) in [6.45, 7) is 12.2. The van der Waals surface area contributed by atoms with Crippen molar-refractivity contribution in [3.63, 3.8) is 0 Å². The van der Waals surface area contributed by atoms with E-state index in [9.17, 15) is 19.8 Å². The lowest BCUT2D eigenvalue weighted by Crippen LogP contribution is -2.49. The molecule has 5 rings (SSSR count). The first-order chi connectivity index (χ1) is 21.7. The summed E-state index contributed by atoms with van der Waals surface area (Å²) in [5, 5.41) is 23.8. The van der Waals surface area contributed by atoms with Crippen LogP contribution in [0.15, 0.2) is 48.6 Å². The molecule has 2 N–H and O–H groups in total. The fourth-order valence-corrected chi connectivity index (χ4v) is 8.10. The number of allylic oxidation sites excluding steroid dienone is 1. The summed E-state index contributed by atoms with van der Waals surface area (Å²) >= 11 is 6.43. The molecule has 3 aliphatic rings. The minimum absolute atomic E-state index is 0.145. The quantitative estimate of drug-likeness (QED) is 0.224. The third-order valence-electron chi connectivity index (χ3n) is 10.4. The summed E-state index contributed by atoms with van der Waals surface area (Å²) in [7, 11) is 0. The van der Waals surface area contributed by atoms with E-state index in [0.29, 0.717) is 31.0 Å². The van der Waals surface area contributed by atoms with Gasteiger partial charge in [0, 0.05) is 23.5 Å². The molecule has 1 aliphatic heterocycles. The van der Waals surface area contributed by atoms with Crippen molar-refractivity contribution in [2.75, 3.05) is 24.6 Å². The first-order valence-corrected chi connectivity index (χ1v) is 17.2. The molecule has 0 saturated heterocycles. The molecule has 7 nitrogen and oxygen atoms in total. The Kier molecular flexibility index (Phi) is 9.98. The Morgan fingerprint density at radius 3 is 2.59 bits per heavy atom. The van der Waals surface area contributed by atoms with Crippen LogP contribution in [0.1, 0.15) is 90.3 Å². The van der Waals surface area contributed by atoms with Crippen LogP contribution in [0.3, 0.4) is 0 Å². The molecule has 0 radical (unpaired) electrons. The molecule has 1 heterocycles. The number of halogens is 1. The van der Waals surface area contributed by atoms with Gasteiger partial charge in [-0.25, -0.2) is 0 Å². The number of benzene rings is 2. The Bertz CT molecular complexity index is 1480. The van der Waals surface area contributed by atoms with Crippen molar-refractivity contribution < 1.29 is 29.3 Å². The van der Waals surface area contributed by atoms with E-state index in [4.69, 9.17) is 21.1 Å². The highest BCUT2D eigenvalue weighted by Crippen LogP contribution is 2.48. The van der Waals surface area contributed by atoms with Gasteiger partial charge in [0.1, 0.15) is 11.4 Å². The van der Waals surface area contributed by atoms with E-state index in [1.165, 1.54) is 18.1 Å². The van der Waals surface area contributed by atoms with Crippen molar-refractivity contribution in [3.05, 3.63) is 70.3 Å². The van der Waals surface area contributed by atoms with Crippen LogP contribution in [0.25, 0.3) is 0 Å². The van der Waals surface area contributed by atoms with Crippen molar-refractivity contribution in [1.29, 1.82) is 0 Å². The number of aliphatic hydroxyl groups is 2. The summed E-state index contributed by atoms with van der Waals surface area (Å²) in [6.07, 6.45) is 8.35. The van der Waals surface area contributed by atoms with E-state index >= 15 is 0 Å². The van der Waals surface area contributed by atoms with E-state index in [2.05, 4.69) is 17.0 Å². The number of anilines is 1. The summed E-state index contributed by atoms with van der Waals surface area (Å²) in [5.74, 6) is -1.15. The maximum absolute atomic E-state index is 13.4. The molecule has 1 spiro atoms. The Balaban J connectivity index is 1.59. The lowest BCUT2D eigenvalue weighted by molar-refractivity contribution is -0.175. The van der Waals surface area contributed by atoms with Crippen molar-refractivity contribution in [3.8, 4) is 5.75 Å². The van der Waals surface area contributed by atoms with Crippen LogP contribution in [0, 0.1) is 17.8 Å². The van der Waals surface area contributed by atoms with E-state index < -0.39 is 35.0 Å². The molecule has 2 aromatic carbocycles. The smallest absolute Gasteiger partial charge is 0.313 e. The Labute approximate surface area is 278 Å². The zero-order valence-electron chi connectivity index (χ0n) is 28.1. The number of esters is 1. The SMILES string of the molecule is C/C=C/[C@H](O)[C@@H]1CC[C@H]1CN1C[C@@]2(CCCc3cc(Cl)ccc32)COc2ccc([C@](O)(C(C)=O)[C@@H](CC)C(=O)OC(C)(C)C)cc21. The summed E-state index contributed by atoms with van der Waals surface area (Å²) in [6, 6.07) is 11.5. The van der Waals surface area contributed by atoms with Crippen molar-refractivity contribution in [2.45, 2.75) is 103 Å². The average molecular weight is 652 g/mol. The molecule has 2 aromatic rings. The lowest BCUT2D eigenvalue weighted by Gasteiger charge is -2.45. The van der Waals surface area contributed by atoms with Crippen molar-refractivity contribution in [2.24, 2.45) is 17.8 Å². The number of Topliss-reactive ketones (excluding diaryl/α,β-unsaturated/α-hetero) is 1. The zero-order valence-corrected chi connectivity index (χ0v) is 28.9. The molecule has 0 bridgehead atoms. The van der Waals surface area contributed by atoms with Gasteiger partial charge in [-0.15, -0.1) is 0 Å². The van der Waals surface area contributed by atoms with Crippen LogP contribution in [0.2, 0.25) is 5.02 Å². The van der Waals surface area contributed by atoms with Gasteiger partial charge in [0.15, 0.2) is 11.4 Å². The monoisotopic (exact) mass is 651 g/mol. The standard InChI is InChI=1S/C38H50ClNO6/c1-7-10-33(42)29-15-12-26(29)21-40-22-37(18-9-11-25-19-28(39)14-16-31(25)37)23-45-34-17-13-27(20-32(34)40)38(44,24(3)41)30(8-2)35(43)46-36(4,5)6/h7,10,13-14,16-17,19-20,26,29-30,33,42,44H,8-9,11-12,15,18,21-23H2,1-6H3/b10-7+/t26-,29+,30-,33-,37-,38+/m0/s1. The van der Waals surface area contributed by atoms with E-state index in [0.717, 1.165) is 42.8 Å². The number of rotatable bonds is 9. The number of ketones is 1. The summed E-state index contributed by atoms with van der Waals surface area (Å²) < 4.78 is 12.3. The zero-order chi connectivity index (χ0) is 33.4. The third-order valence-corrected chi connectivity index (χ3v) is 10.6. The minimum atomic E-state index is -2.09. The second-order valence-corrected chi connectivity index (χ2v) is 15.1. The Morgan fingerprint density at radius 1 is 1.20 bits per heavy atom. The number of carbonyl (C=O) groups is 2. The molecular weight excluding hydrogens is 602 g/mol. The maximum atomic E-state index is 13.4. The second-order valence-electron chi connectivity index (χ2n) is 14.6. The minimum Gasteiger partial charge on any atom is -0.490 e. The van der Waals surface area contributed by atoms with E-state index in [1.807, 2.05) is 37.3 Å². The fraction of sp³-hybridized carbons (Fsp3) is 0.579. The number of aliphatic hydroxyl groups excluding tert-OH is 1. The summed E-state index contributed by atoms with van der Waals surface area (Å²) in [5.41, 5.74) is 0.460. The molecule has 46 heavy (non-hydrogen) atoms. The van der Waals surface area contributed by atoms with Gasteiger partial charge in [0.25, 0.3) is 0 Å². The van der Waals surface area contributed by atoms with E-state index in [1.54, 1.807) is 33.8 Å². The first-order valence-electron chi connectivity index (χ1n) is 16.8. The predicted octanol–water partition coefficient (Wildman–Crippen LogP) is 6.92. The van der Waals surface area contributed by atoms with E-state index in [-0.39, 0.29) is 23.7 Å². The maximum Gasteiger partial charge on any atom is 0.313 e. The molecule has 250 valence electrons. The molecule has 8 heteroatoms. The number of ether oxygens (including phenoxy) is 2. The Hall–Kier alpha value is -2.87. The molecule has 0 unspecified atom stereocenters. The predicted molar refractivity (Wildman–Crippen MR) is 181 cm³/mol. The normalized spacial score (nSPS) is 25.4. The van der Waals surface area contributed by atoms with Crippen LogP contribution >= 0.6 is 11.6 Å². The lowest BCUT2D eigenvalue weighted by atomic mass is 9.68. The number of fused-ring (bicyclic) bond motifs is 3. The van der Waals surface area contributed by atoms with Crippen LogP contribution in [0.5, 0.6) is 5.75 Å². The van der Waals surface area contributed by atoms with Gasteiger partial charge >= 0.3 is 5.97 Å². The highest BCUT2D eigenvalue weighted by atomic mass is 35.5. The van der Waals surface area contributed by atoms with Gasteiger partial charge in [0.05, 0.1) is 24.3 Å². The molecular formula is C38H50ClNO6. The van der Waals surface area contributed by atoms with Gasteiger partial charge in [-0.05, 0) is 126 Å². The molecule has 0 aromatic heterocycles. The average Bonchev–Trinajstić information content (AvgIpc) is 3.11. The van der Waals surface area contributed by atoms with Gasteiger partial charge in [-0.1, -0.05) is 42.8 Å². The number of hydrogen-bond acceptors (Lipinski definition) is 7. The molecule has 2 aliphatic carbocycles. The van der Waals surface area contributed by atoms with Gasteiger partial charge < -0.3 is 24.6 Å². The molecule has 0 amide bonds. The largest absolute Gasteiger partial charge is 0.490 e. The van der Waals surface area contributed by atoms with Gasteiger partial charge in [0.2, 0.25) is 0 Å². The number of aryl methyl sites for hydroxylation is 1. The van der Waals surface area contributed by atoms with Gasteiger partial charge in [-0.2, -0.15) is 0 Å². The second kappa shape index (κ2) is 13.3. The third kappa shape index (κ3) is 6.61. The molecule has 1 fully saturated rings. The molecule has 1 saturated carbocycles. The number of hydrogen-bond donors (Lipinski definition) is 2.